The van der Waals surface area contributed by atoms with Crippen molar-refractivity contribution in [2.24, 2.45) is 0 Å². The fourth-order valence-corrected chi connectivity index (χ4v) is 2.10. The Bertz CT molecular complexity index is 846. The Labute approximate surface area is 141 Å². The summed E-state index contributed by atoms with van der Waals surface area (Å²) in [7, 11) is 1.27. The number of carboxylic acid groups (broad SMARTS) is 1. The third-order valence-electron chi connectivity index (χ3n) is 3.21. The van der Waals surface area contributed by atoms with Crippen molar-refractivity contribution in [3.05, 3.63) is 51.6 Å². The van der Waals surface area contributed by atoms with Crippen LogP contribution in [0.25, 0.3) is 0 Å². The number of carbonyl (C=O) groups excluding carboxylic acids is 1. The van der Waals surface area contributed by atoms with Crippen molar-refractivity contribution >= 4 is 17.9 Å². The van der Waals surface area contributed by atoms with E-state index in [2.05, 4.69) is 0 Å². The number of phenolic OH excluding ortho intramolecular Hbond substituents is 1. The Hall–Kier alpha value is -3.62. The minimum atomic E-state index is -1.14. The van der Waals surface area contributed by atoms with Gasteiger partial charge in [0.15, 0.2) is 11.5 Å². The van der Waals surface area contributed by atoms with E-state index in [1.807, 2.05) is 0 Å². The maximum atomic E-state index is 11.2. The monoisotopic (exact) mass is 347 g/mol. The number of hydrogen-bond acceptors (Lipinski definition) is 7. The van der Waals surface area contributed by atoms with E-state index in [1.54, 1.807) is 0 Å². The number of hydrogen-bond donors (Lipinski definition) is 2. The summed E-state index contributed by atoms with van der Waals surface area (Å²) in [5.41, 5.74) is -0.126. The average molecular weight is 347 g/mol. The molecule has 130 valence electrons. The van der Waals surface area contributed by atoms with Gasteiger partial charge in [-0.3, -0.25) is 19.7 Å². The van der Waals surface area contributed by atoms with Gasteiger partial charge in [0.25, 0.3) is 0 Å². The molecule has 9 heteroatoms. The lowest BCUT2D eigenvalue weighted by Crippen LogP contribution is -2.02. The summed E-state index contributed by atoms with van der Waals surface area (Å²) in [5.74, 6) is -2.04. The summed E-state index contributed by atoms with van der Waals surface area (Å²) in [6, 6.07) is 6.12. The molecular weight excluding hydrogens is 334 g/mol. The molecule has 0 saturated carbocycles. The third-order valence-corrected chi connectivity index (χ3v) is 3.21. The summed E-state index contributed by atoms with van der Waals surface area (Å²) in [4.78, 5) is 32.2. The molecule has 2 aromatic carbocycles. The number of phenols is 1. The van der Waals surface area contributed by atoms with Crippen LogP contribution in [0.2, 0.25) is 0 Å². The van der Waals surface area contributed by atoms with Crippen LogP contribution in [0, 0.1) is 10.1 Å². The smallest absolute Gasteiger partial charge is 0.311 e. The number of aldehydes is 1. The number of carbonyl (C=O) groups is 2. The number of carboxylic acids is 1. The van der Waals surface area contributed by atoms with Gasteiger partial charge in [0, 0.05) is 11.6 Å². The molecule has 0 aliphatic rings. The van der Waals surface area contributed by atoms with E-state index in [9.17, 15) is 24.8 Å². The summed E-state index contributed by atoms with van der Waals surface area (Å²) < 4.78 is 10.3. The molecule has 0 atom stereocenters. The minimum Gasteiger partial charge on any atom is -0.502 e. The molecular formula is C16H13NO8. The number of nitrogens with zero attached hydrogens (tertiary/aromatic N) is 1. The Morgan fingerprint density at radius 3 is 2.48 bits per heavy atom. The Balaban J connectivity index is 2.48. The highest BCUT2D eigenvalue weighted by molar-refractivity contribution is 5.78. The van der Waals surface area contributed by atoms with Gasteiger partial charge in [0.05, 0.1) is 18.5 Å². The van der Waals surface area contributed by atoms with E-state index in [0.29, 0.717) is 6.29 Å². The van der Waals surface area contributed by atoms with E-state index < -0.39 is 22.3 Å². The zero-order valence-corrected chi connectivity index (χ0v) is 13.0. The lowest BCUT2D eigenvalue weighted by molar-refractivity contribution is -0.385. The first-order valence-electron chi connectivity index (χ1n) is 6.88. The van der Waals surface area contributed by atoms with Gasteiger partial charge in [-0.2, -0.15) is 0 Å². The van der Waals surface area contributed by atoms with Crippen LogP contribution in [0.1, 0.15) is 15.9 Å². The van der Waals surface area contributed by atoms with Crippen LogP contribution in [0.4, 0.5) is 5.69 Å². The van der Waals surface area contributed by atoms with Crippen molar-refractivity contribution in [2.45, 2.75) is 6.42 Å². The first-order chi connectivity index (χ1) is 11.8. The third kappa shape index (κ3) is 4.02. The Morgan fingerprint density at radius 2 is 1.92 bits per heavy atom. The second-order valence-electron chi connectivity index (χ2n) is 4.92. The van der Waals surface area contributed by atoms with Gasteiger partial charge in [0.2, 0.25) is 11.5 Å². The highest BCUT2D eigenvalue weighted by atomic mass is 16.6. The van der Waals surface area contributed by atoms with Gasteiger partial charge in [0.1, 0.15) is 6.29 Å². The van der Waals surface area contributed by atoms with E-state index in [4.69, 9.17) is 14.6 Å². The molecule has 0 fully saturated rings. The lowest BCUT2D eigenvalue weighted by atomic mass is 10.1. The van der Waals surface area contributed by atoms with Gasteiger partial charge in [-0.15, -0.1) is 0 Å². The van der Waals surface area contributed by atoms with Gasteiger partial charge >= 0.3 is 11.7 Å². The van der Waals surface area contributed by atoms with E-state index in [-0.39, 0.29) is 34.8 Å². The maximum Gasteiger partial charge on any atom is 0.311 e. The predicted molar refractivity (Wildman–Crippen MR) is 84.6 cm³/mol. The van der Waals surface area contributed by atoms with Crippen LogP contribution >= 0.6 is 0 Å². The van der Waals surface area contributed by atoms with Crippen molar-refractivity contribution in [3.63, 3.8) is 0 Å². The highest BCUT2D eigenvalue weighted by Gasteiger charge is 2.20. The second-order valence-corrected chi connectivity index (χ2v) is 4.92. The molecule has 0 bridgehead atoms. The molecule has 2 aromatic rings. The van der Waals surface area contributed by atoms with Crippen molar-refractivity contribution in [1.82, 2.24) is 0 Å². The highest BCUT2D eigenvalue weighted by Crippen LogP contribution is 2.41. The molecule has 0 radical (unpaired) electrons. The van der Waals surface area contributed by atoms with Gasteiger partial charge in [-0.25, -0.2) is 0 Å². The second kappa shape index (κ2) is 7.30. The number of methoxy groups -OCH3 is 1. The molecule has 25 heavy (non-hydrogen) atoms. The Kier molecular flexibility index (Phi) is 5.18. The standard InChI is InChI=1S/C16H13NO8/c1-24-13-5-10(8-18)6-14(16(13)21)25-12-3-2-9(7-15(19)20)4-11(12)17(22)23/h2-6,8,21H,7H2,1H3,(H,19,20). The molecule has 2 N–H and O–H groups in total. The van der Waals surface area contributed by atoms with Crippen molar-refractivity contribution in [2.75, 3.05) is 7.11 Å². The van der Waals surface area contributed by atoms with Crippen molar-refractivity contribution < 1.29 is 34.2 Å². The molecule has 0 heterocycles. The van der Waals surface area contributed by atoms with E-state index in [0.717, 1.165) is 6.07 Å². The van der Waals surface area contributed by atoms with Crippen LogP contribution in [-0.4, -0.2) is 34.5 Å². The molecule has 0 spiro atoms. The number of rotatable bonds is 7. The van der Waals surface area contributed by atoms with Crippen LogP contribution in [0.5, 0.6) is 23.0 Å². The number of nitro benzene ring substituents is 1. The van der Waals surface area contributed by atoms with Gasteiger partial charge in [-0.1, -0.05) is 6.07 Å². The zero-order valence-electron chi connectivity index (χ0n) is 13.0. The minimum absolute atomic E-state index is 0.0373. The largest absolute Gasteiger partial charge is 0.502 e. The fraction of sp³-hybridized carbons (Fsp3) is 0.125. The molecule has 2 rings (SSSR count). The van der Waals surface area contributed by atoms with Crippen molar-refractivity contribution in [1.29, 1.82) is 0 Å². The number of nitro groups is 1. The summed E-state index contributed by atoms with van der Waals surface area (Å²) in [6.45, 7) is 0. The molecule has 0 aliphatic heterocycles. The number of ether oxygens (including phenoxy) is 2. The molecule has 0 saturated heterocycles. The number of benzene rings is 2. The van der Waals surface area contributed by atoms with E-state index in [1.165, 1.54) is 31.4 Å². The Morgan fingerprint density at radius 1 is 1.24 bits per heavy atom. The quantitative estimate of drug-likeness (QED) is 0.443. The predicted octanol–water partition coefficient (Wildman–Crippen LogP) is 2.54. The molecule has 9 nitrogen and oxygen atoms in total. The first-order valence-corrected chi connectivity index (χ1v) is 6.88. The average Bonchev–Trinajstić information content (AvgIpc) is 2.57. The lowest BCUT2D eigenvalue weighted by Gasteiger charge is -2.12. The van der Waals surface area contributed by atoms with Crippen LogP contribution in [0.15, 0.2) is 30.3 Å². The zero-order chi connectivity index (χ0) is 18.6. The summed E-state index contributed by atoms with van der Waals surface area (Å²) in [6.07, 6.45) is 0.111. The fourth-order valence-electron chi connectivity index (χ4n) is 2.10. The van der Waals surface area contributed by atoms with Gasteiger partial charge < -0.3 is 19.7 Å². The molecule has 0 unspecified atom stereocenters. The van der Waals surface area contributed by atoms with Crippen LogP contribution in [-0.2, 0) is 11.2 Å². The maximum absolute atomic E-state index is 11.2. The SMILES string of the molecule is COc1cc(C=O)cc(Oc2ccc(CC(=O)O)cc2[N+](=O)[O-])c1O. The summed E-state index contributed by atoms with van der Waals surface area (Å²) >= 11 is 0. The van der Waals surface area contributed by atoms with Crippen LogP contribution in [0.3, 0.4) is 0 Å². The van der Waals surface area contributed by atoms with Crippen LogP contribution < -0.4 is 9.47 Å². The number of aromatic hydroxyl groups is 1. The number of aliphatic carboxylic acids is 1. The molecule has 0 aliphatic carbocycles. The summed E-state index contributed by atoms with van der Waals surface area (Å²) in [5, 5.41) is 30.0. The molecule has 0 amide bonds. The normalized spacial score (nSPS) is 10.1. The molecule has 0 aromatic heterocycles. The van der Waals surface area contributed by atoms with E-state index >= 15 is 0 Å². The van der Waals surface area contributed by atoms with Gasteiger partial charge in [-0.05, 0) is 23.8 Å². The van der Waals surface area contributed by atoms with Crippen molar-refractivity contribution in [3.8, 4) is 23.0 Å². The first kappa shape index (κ1) is 17.7. The topological polar surface area (TPSA) is 136 Å².